The SMILES string of the molecule is CC1NCCCN(c2ccc(C(C)(C)C)nc2)C1=O. The first-order valence-electron chi connectivity index (χ1n) is 6.91. The molecule has 1 aromatic rings. The summed E-state index contributed by atoms with van der Waals surface area (Å²) in [4.78, 5) is 18.6. The zero-order valence-electron chi connectivity index (χ0n) is 12.2. The molecule has 0 aliphatic carbocycles. The summed E-state index contributed by atoms with van der Waals surface area (Å²) in [7, 11) is 0. The third kappa shape index (κ3) is 3.13. The number of amides is 1. The van der Waals surface area contributed by atoms with E-state index in [1.807, 2.05) is 30.2 Å². The molecule has 0 aromatic carbocycles. The standard InChI is InChI=1S/C15H23N3O/c1-11-14(19)18(9-5-8-16-11)12-6-7-13(17-10-12)15(2,3)4/h6-7,10-11,16H,5,8-9H2,1-4H3. The molecule has 0 spiro atoms. The number of hydrogen-bond acceptors (Lipinski definition) is 3. The first kappa shape index (κ1) is 14.0. The molecule has 104 valence electrons. The number of hydrogen-bond donors (Lipinski definition) is 1. The molecule has 1 aromatic heterocycles. The van der Waals surface area contributed by atoms with Gasteiger partial charge >= 0.3 is 0 Å². The molecule has 1 aliphatic heterocycles. The lowest BCUT2D eigenvalue weighted by Crippen LogP contribution is -2.41. The molecular weight excluding hydrogens is 238 g/mol. The van der Waals surface area contributed by atoms with Crippen LogP contribution in [-0.2, 0) is 10.2 Å². The van der Waals surface area contributed by atoms with Crippen molar-refractivity contribution in [3.05, 3.63) is 24.0 Å². The fraction of sp³-hybridized carbons (Fsp3) is 0.600. The van der Waals surface area contributed by atoms with Crippen LogP contribution in [-0.4, -0.2) is 30.0 Å². The lowest BCUT2D eigenvalue weighted by Gasteiger charge is -2.24. The Morgan fingerprint density at radius 3 is 2.68 bits per heavy atom. The van der Waals surface area contributed by atoms with Crippen LogP contribution in [0.1, 0.15) is 39.8 Å². The number of nitrogens with one attached hydrogen (secondary N) is 1. The second kappa shape index (κ2) is 5.29. The Kier molecular flexibility index (Phi) is 3.90. The van der Waals surface area contributed by atoms with Crippen LogP contribution in [0.15, 0.2) is 18.3 Å². The van der Waals surface area contributed by atoms with Crippen LogP contribution < -0.4 is 10.2 Å². The van der Waals surface area contributed by atoms with Crippen LogP contribution in [0.4, 0.5) is 5.69 Å². The van der Waals surface area contributed by atoms with Crippen LogP contribution in [0, 0.1) is 0 Å². The Bertz CT molecular complexity index is 447. The van der Waals surface area contributed by atoms with E-state index in [0.717, 1.165) is 30.9 Å². The predicted octanol–water partition coefficient (Wildman–Crippen LogP) is 2.09. The molecule has 2 heterocycles. The smallest absolute Gasteiger partial charge is 0.243 e. The van der Waals surface area contributed by atoms with Gasteiger partial charge in [-0.1, -0.05) is 20.8 Å². The van der Waals surface area contributed by atoms with Gasteiger partial charge in [0, 0.05) is 17.7 Å². The van der Waals surface area contributed by atoms with Gasteiger partial charge in [0.05, 0.1) is 17.9 Å². The fourth-order valence-corrected chi connectivity index (χ4v) is 2.23. The molecule has 1 N–H and O–H groups in total. The van der Waals surface area contributed by atoms with Gasteiger partial charge < -0.3 is 10.2 Å². The van der Waals surface area contributed by atoms with Crippen molar-refractivity contribution in [2.45, 2.75) is 45.6 Å². The van der Waals surface area contributed by atoms with E-state index < -0.39 is 0 Å². The van der Waals surface area contributed by atoms with Gasteiger partial charge in [-0.25, -0.2) is 0 Å². The van der Waals surface area contributed by atoms with Gasteiger partial charge in [0.2, 0.25) is 5.91 Å². The highest BCUT2D eigenvalue weighted by Crippen LogP contribution is 2.23. The van der Waals surface area contributed by atoms with E-state index in [4.69, 9.17) is 0 Å². The van der Waals surface area contributed by atoms with E-state index in [9.17, 15) is 4.79 Å². The maximum Gasteiger partial charge on any atom is 0.243 e. The van der Waals surface area contributed by atoms with Gasteiger partial charge in [-0.15, -0.1) is 0 Å². The summed E-state index contributed by atoms with van der Waals surface area (Å²) < 4.78 is 0. The quantitative estimate of drug-likeness (QED) is 0.842. The molecule has 0 radical (unpaired) electrons. The Morgan fingerprint density at radius 1 is 1.37 bits per heavy atom. The minimum absolute atomic E-state index is 0.0379. The topological polar surface area (TPSA) is 45.2 Å². The van der Waals surface area contributed by atoms with Crippen molar-refractivity contribution in [3.63, 3.8) is 0 Å². The number of carbonyl (C=O) groups excluding carboxylic acids is 1. The Hall–Kier alpha value is -1.42. The van der Waals surface area contributed by atoms with E-state index >= 15 is 0 Å². The number of nitrogens with zero attached hydrogens (tertiary/aromatic N) is 2. The summed E-state index contributed by atoms with van der Waals surface area (Å²) in [5.41, 5.74) is 1.98. The molecule has 0 saturated carbocycles. The van der Waals surface area contributed by atoms with Crippen molar-refractivity contribution in [1.82, 2.24) is 10.3 Å². The van der Waals surface area contributed by atoms with Crippen molar-refractivity contribution in [1.29, 1.82) is 0 Å². The van der Waals surface area contributed by atoms with Crippen LogP contribution in [0.25, 0.3) is 0 Å². The molecule has 19 heavy (non-hydrogen) atoms. The minimum Gasteiger partial charge on any atom is -0.310 e. The first-order valence-corrected chi connectivity index (χ1v) is 6.91. The van der Waals surface area contributed by atoms with Gasteiger partial charge in [-0.05, 0) is 32.0 Å². The highest BCUT2D eigenvalue weighted by molar-refractivity contribution is 5.97. The summed E-state index contributed by atoms with van der Waals surface area (Å²) in [6.07, 6.45) is 2.79. The zero-order chi connectivity index (χ0) is 14.0. The number of rotatable bonds is 1. The van der Waals surface area contributed by atoms with E-state index in [1.54, 1.807) is 0 Å². The third-order valence-corrected chi connectivity index (χ3v) is 3.47. The molecule has 1 fully saturated rings. The van der Waals surface area contributed by atoms with Crippen LogP contribution in [0.2, 0.25) is 0 Å². The Labute approximate surface area is 115 Å². The third-order valence-electron chi connectivity index (χ3n) is 3.47. The molecule has 4 nitrogen and oxygen atoms in total. The van der Waals surface area contributed by atoms with Crippen molar-refractivity contribution in [2.75, 3.05) is 18.0 Å². The molecule has 4 heteroatoms. The Morgan fingerprint density at radius 2 is 2.11 bits per heavy atom. The van der Waals surface area contributed by atoms with Gasteiger partial charge in [-0.3, -0.25) is 9.78 Å². The summed E-state index contributed by atoms with van der Waals surface area (Å²) in [6, 6.07) is 3.90. The molecular formula is C15H23N3O. The Balaban J connectivity index is 2.23. The van der Waals surface area contributed by atoms with E-state index in [-0.39, 0.29) is 17.4 Å². The van der Waals surface area contributed by atoms with Crippen LogP contribution >= 0.6 is 0 Å². The summed E-state index contributed by atoms with van der Waals surface area (Å²) in [5, 5.41) is 3.22. The fourth-order valence-electron chi connectivity index (χ4n) is 2.23. The molecule has 1 saturated heterocycles. The van der Waals surface area contributed by atoms with Crippen LogP contribution in [0.3, 0.4) is 0 Å². The average Bonchev–Trinajstić information content (AvgIpc) is 2.52. The number of carbonyl (C=O) groups is 1. The molecule has 1 unspecified atom stereocenters. The maximum atomic E-state index is 12.3. The minimum atomic E-state index is -0.121. The van der Waals surface area contributed by atoms with E-state index in [0.29, 0.717) is 0 Å². The second-order valence-electron chi connectivity index (χ2n) is 6.17. The highest BCUT2D eigenvalue weighted by Gasteiger charge is 2.24. The molecule has 0 bridgehead atoms. The summed E-state index contributed by atoms with van der Waals surface area (Å²) in [5.74, 6) is 0.128. The van der Waals surface area contributed by atoms with Crippen LogP contribution in [0.5, 0.6) is 0 Å². The number of pyridine rings is 1. The van der Waals surface area contributed by atoms with Gasteiger partial charge in [0.1, 0.15) is 0 Å². The van der Waals surface area contributed by atoms with E-state index in [1.165, 1.54) is 0 Å². The van der Waals surface area contributed by atoms with Crippen molar-refractivity contribution in [3.8, 4) is 0 Å². The monoisotopic (exact) mass is 261 g/mol. The lowest BCUT2D eigenvalue weighted by molar-refractivity contribution is -0.119. The van der Waals surface area contributed by atoms with Gasteiger partial charge in [0.15, 0.2) is 0 Å². The average molecular weight is 261 g/mol. The zero-order valence-corrected chi connectivity index (χ0v) is 12.2. The predicted molar refractivity (Wildman–Crippen MR) is 77.4 cm³/mol. The molecule has 1 amide bonds. The largest absolute Gasteiger partial charge is 0.310 e. The second-order valence-corrected chi connectivity index (χ2v) is 6.17. The van der Waals surface area contributed by atoms with Crippen molar-refractivity contribution in [2.24, 2.45) is 0 Å². The first-order chi connectivity index (χ1) is 8.89. The van der Waals surface area contributed by atoms with Crippen molar-refractivity contribution < 1.29 is 4.79 Å². The highest BCUT2D eigenvalue weighted by atomic mass is 16.2. The summed E-state index contributed by atoms with van der Waals surface area (Å²) in [6.45, 7) is 9.97. The number of anilines is 1. The number of aromatic nitrogens is 1. The normalized spacial score (nSPS) is 21.4. The van der Waals surface area contributed by atoms with Crippen molar-refractivity contribution >= 4 is 11.6 Å². The molecule has 1 atom stereocenters. The lowest BCUT2D eigenvalue weighted by atomic mass is 9.92. The summed E-state index contributed by atoms with van der Waals surface area (Å²) >= 11 is 0. The van der Waals surface area contributed by atoms with Gasteiger partial charge in [-0.2, -0.15) is 0 Å². The van der Waals surface area contributed by atoms with E-state index in [2.05, 4.69) is 31.1 Å². The molecule has 1 aliphatic rings. The van der Waals surface area contributed by atoms with Gasteiger partial charge in [0.25, 0.3) is 0 Å². The maximum absolute atomic E-state index is 12.3. The molecule has 2 rings (SSSR count).